The molecule has 6 heteroatoms. The molecule has 1 aromatic heterocycles. The van der Waals surface area contributed by atoms with Crippen LogP contribution in [0.3, 0.4) is 0 Å². The molecule has 0 spiro atoms. The number of rotatable bonds is 4. The van der Waals surface area contributed by atoms with Gasteiger partial charge in [0.1, 0.15) is 12.4 Å². The van der Waals surface area contributed by atoms with Crippen LogP contribution in [0.1, 0.15) is 16.6 Å². The van der Waals surface area contributed by atoms with Crippen molar-refractivity contribution in [2.45, 2.75) is 6.92 Å². The lowest BCUT2D eigenvalue weighted by molar-refractivity contribution is -0.137. The number of carboxylic acids is 1. The van der Waals surface area contributed by atoms with Crippen molar-refractivity contribution in [2.75, 3.05) is 13.1 Å². The van der Waals surface area contributed by atoms with E-state index >= 15 is 0 Å². The molecule has 1 N–H and O–H groups in total. The lowest BCUT2D eigenvalue weighted by atomic mass is 10.2. The average molecular weight is 281 g/mol. The van der Waals surface area contributed by atoms with Crippen molar-refractivity contribution in [3.63, 3.8) is 0 Å². The van der Waals surface area contributed by atoms with E-state index in [0.717, 1.165) is 5.39 Å². The minimum absolute atomic E-state index is 0.313. The molecule has 0 fully saturated rings. The van der Waals surface area contributed by atoms with Crippen LogP contribution in [-0.4, -0.2) is 35.0 Å². The molecule has 0 unspecified atom stereocenters. The Balaban J connectivity index is 2.32. The third-order valence-corrected chi connectivity index (χ3v) is 3.77. The molecule has 4 nitrogen and oxygen atoms in total. The summed E-state index contributed by atoms with van der Waals surface area (Å²) in [6.45, 7) is 1.69. The third kappa shape index (κ3) is 2.90. The van der Waals surface area contributed by atoms with E-state index in [1.54, 1.807) is 19.1 Å². The first-order valence-corrected chi connectivity index (χ1v) is 6.53. The number of carbonyl (C=O) groups is 2. The van der Waals surface area contributed by atoms with Gasteiger partial charge in [0, 0.05) is 11.2 Å². The smallest absolute Gasteiger partial charge is 0.323 e. The van der Waals surface area contributed by atoms with Crippen molar-refractivity contribution in [2.24, 2.45) is 0 Å². The van der Waals surface area contributed by atoms with Gasteiger partial charge in [-0.15, -0.1) is 11.3 Å². The second-order valence-corrected chi connectivity index (χ2v) is 5.09. The molecule has 2 aromatic rings. The van der Waals surface area contributed by atoms with Crippen molar-refractivity contribution in [1.82, 2.24) is 4.90 Å². The molecule has 0 aliphatic carbocycles. The van der Waals surface area contributed by atoms with Gasteiger partial charge in [-0.05, 0) is 30.5 Å². The second kappa shape index (κ2) is 5.36. The van der Waals surface area contributed by atoms with Crippen molar-refractivity contribution < 1.29 is 19.1 Å². The SMILES string of the molecule is CCN(CC(=O)O)C(=O)c1cc2ccc(F)cc2s1. The number of halogens is 1. The number of fused-ring (bicyclic) bond motifs is 1. The number of carbonyl (C=O) groups excluding carboxylic acids is 1. The van der Waals surface area contributed by atoms with E-state index in [1.165, 1.54) is 28.4 Å². The molecule has 0 aliphatic heterocycles. The molecule has 1 amide bonds. The summed E-state index contributed by atoms with van der Waals surface area (Å²) < 4.78 is 13.8. The minimum atomic E-state index is -1.05. The molecule has 0 aliphatic rings. The van der Waals surface area contributed by atoms with Crippen LogP contribution in [0.5, 0.6) is 0 Å². The zero-order chi connectivity index (χ0) is 14.0. The number of benzene rings is 1. The van der Waals surface area contributed by atoms with Gasteiger partial charge < -0.3 is 10.0 Å². The Kier molecular flexibility index (Phi) is 3.80. The van der Waals surface area contributed by atoms with Gasteiger partial charge in [0.05, 0.1) is 4.88 Å². The Morgan fingerprint density at radius 2 is 2.11 bits per heavy atom. The number of aliphatic carboxylic acids is 1. The Morgan fingerprint density at radius 3 is 2.74 bits per heavy atom. The molecule has 0 bridgehead atoms. The highest BCUT2D eigenvalue weighted by Crippen LogP contribution is 2.27. The first-order valence-electron chi connectivity index (χ1n) is 5.71. The van der Waals surface area contributed by atoms with E-state index in [-0.39, 0.29) is 18.3 Å². The first-order chi connectivity index (χ1) is 9.01. The third-order valence-electron chi connectivity index (χ3n) is 2.69. The highest BCUT2D eigenvalue weighted by molar-refractivity contribution is 7.20. The summed E-state index contributed by atoms with van der Waals surface area (Å²) in [5, 5.41) is 9.53. The van der Waals surface area contributed by atoms with Crippen LogP contribution < -0.4 is 0 Å². The monoisotopic (exact) mass is 281 g/mol. The summed E-state index contributed by atoms with van der Waals surface area (Å²) in [7, 11) is 0. The van der Waals surface area contributed by atoms with Crippen LogP contribution in [0.4, 0.5) is 4.39 Å². The molecule has 0 saturated carbocycles. The van der Waals surface area contributed by atoms with E-state index in [4.69, 9.17) is 5.11 Å². The molecule has 19 heavy (non-hydrogen) atoms. The fourth-order valence-electron chi connectivity index (χ4n) is 1.76. The number of hydrogen-bond donors (Lipinski definition) is 1. The van der Waals surface area contributed by atoms with Crippen LogP contribution in [0.15, 0.2) is 24.3 Å². The van der Waals surface area contributed by atoms with E-state index in [0.29, 0.717) is 16.1 Å². The molecule has 0 radical (unpaired) electrons. The first kappa shape index (κ1) is 13.5. The summed E-state index contributed by atoms with van der Waals surface area (Å²) in [6, 6.07) is 5.96. The Hall–Kier alpha value is -1.95. The topological polar surface area (TPSA) is 57.6 Å². The highest BCUT2D eigenvalue weighted by atomic mass is 32.1. The van der Waals surface area contributed by atoms with Crippen LogP contribution in [0.25, 0.3) is 10.1 Å². The average Bonchev–Trinajstić information content (AvgIpc) is 2.77. The Bertz CT molecular complexity index is 638. The van der Waals surface area contributed by atoms with Crippen molar-refractivity contribution in [3.05, 3.63) is 35.0 Å². The lowest BCUT2D eigenvalue weighted by Gasteiger charge is -2.17. The maximum Gasteiger partial charge on any atom is 0.323 e. The fourth-order valence-corrected chi connectivity index (χ4v) is 2.81. The summed E-state index contributed by atoms with van der Waals surface area (Å²) in [5.74, 6) is -1.75. The van der Waals surface area contributed by atoms with Crippen molar-refractivity contribution in [1.29, 1.82) is 0 Å². The summed E-state index contributed by atoms with van der Waals surface area (Å²) >= 11 is 1.17. The zero-order valence-corrected chi connectivity index (χ0v) is 11.0. The van der Waals surface area contributed by atoms with Gasteiger partial charge in [0.25, 0.3) is 5.91 Å². The van der Waals surface area contributed by atoms with Gasteiger partial charge in [0.2, 0.25) is 0 Å². The molecular weight excluding hydrogens is 269 g/mol. The number of hydrogen-bond acceptors (Lipinski definition) is 3. The normalized spacial score (nSPS) is 10.6. The van der Waals surface area contributed by atoms with Crippen molar-refractivity contribution in [3.8, 4) is 0 Å². The lowest BCUT2D eigenvalue weighted by Crippen LogP contribution is -2.34. The number of thiophene rings is 1. The molecular formula is C13H12FNO3S. The van der Waals surface area contributed by atoms with E-state index in [9.17, 15) is 14.0 Å². The minimum Gasteiger partial charge on any atom is -0.480 e. The second-order valence-electron chi connectivity index (χ2n) is 4.01. The summed E-state index contributed by atoms with van der Waals surface area (Å²) in [4.78, 5) is 24.5. The standard InChI is InChI=1S/C13H12FNO3S/c1-2-15(7-12(16)17)13(18)11-5-8-3-4-9(14)6-10(8)19-11/h3-6H,2,7H2,1H3,(H,16,17). The Morgan fingerprint density at radius 1 is 1.37 bits per heavy atom. The number of nitrogens with zero attached hydrogens (tertiary/aromatic N) is 1. The van der Waals surface area contributed by atoms with Gasteiger partial charge in [-0.3, -0.25) is 9.59 Å². The van der Waals surface area contributed by atoms with Crippen LogP contribution in [0.2, 0.25) is 0 Å². The quantitative estimate of drug-likeness (QED) is 0.937. The van der Waals surface area contributed by atoms with Gasteiger partial charge in [-0.2, -0.15) is 0 Å². The predicted molar refractivity (Wildman–Crippen MR) is 71.0 cm³/mol. The van der Waals surface area contributed by atoms with Crippen molar-refractivity contribution >= 4 is 33.3 Å². The van der Waals surface area contributed by atoms with Crippen LogP contribution in [-0.2, 0) is 4.79 Å². The zero-order valence-electron chi connectivity index (χ0n) is 10.2. The molecule has 1 aromatic carbocycles. The van der Waals surface area contributed by atoms with Gasteiger partial charge in [-0.25, -0.2) is 4.39 Å². The highest BCUT2D eigenvalue weighted by Gasteiger charge is 2.19. The summed E-state index contributed by atoms with van der Waals surface area (Å²) in [6.07, 6.45) is 0. The molecule has 1 heterocycles. The van der Waals surface area contributed by atoms with Crippen LogP contribution in [0, 0.1) is 5.82 Å². The number of amides is 1. The molecule has 2 rings (SSSR count). The van der Waals surface area contributed by atoms with E-state index in [1.807, 2.05) is 0 Å². The largest absolute Gasteiger partial charge is 0.480 e. The van der Waals surface area contributed by atoms with E-state index in [2.05, 4.69) is 0 Å². The fraction of sp³-hybridized carbons (Fsp3) is 0.231. The van der Waals surface area contributed by atoms with Gasteiger partial charge >= 0.3 is 5.97 Å². The Labute approximate surface area is 113 Å². The van der Waals surface area contributed by atoms with Gasteiger partial charge in [0.15, 0.2) is 0 Å². The van der Waals surface area contributed by atoms with Gasteiger partial charge in [-0.1, -0.05) is 6.07 Å². The maximum atomic E-state index is 13.1. The molecule has 0 atom stereocenters. The van der Waals surface area contributed by atoms with Crippen LogP contribution >= 0.6 is 11.3 Å². The van der Waals surface area contributed by atoms with E-state index < -0.39 is 5.97 Å². The number of carboxylic acid groups (broad SMARTS) is 1. The summed E-state index contributed by atoms with van der Waals surface area (Å²) in [5.41, 5.74) is 0. The predicted octanol–water partition coefficient (Wildman–Crippen LogP) is 2.59. The maximum absolute atomic E-state index is 13.1. The molecule has 0 saturated heterocycles. The molecule has 100 valence electrons. The number of likely N-dealkylation sites (N-methyl/N-ethyl adjacent to an activating group) is 1.